The summed E-state index contributed by atoms with van der Waals surface area (Å²) in [5.74, 6) is -0.341. The number of fused-ring (bicyclic) bond motifs is 1. The molecular formula is C18H19FN2O3S. The second-order valence-electron chi connectivity index (χ2n) is 5.75. The molecule has 3 aromatic rings. The van der Waals surface area contributed by atoms with E-state index in [0.29, 0.717) is 15.8 Å². The maximum Gasteiger partial charge on any atom is 0.262 e. The van der Waals surface area contributed by atoms with Crippen molar-refractivity contribution >= 4 is 21.6 Å². The maximum atomic E-state index is 13.5. The van der Waals surface area contributed by atoms with Gasteiger partial charge >= 0.3 is 0 Å². The average molecular weight is 362 g/mol. The van der Waals surface area contributed by atoms with Crippen LogP contribution >= 0.6 is 11.3 Å². The van der Waals surface area contributed by atoms with Crippen LogP contribution in [0.15, 0.2) is 41.5 Å². The van der Waals surface area contributed by atoms with Crippen LogP contribution in [0.2, 0.25) is 0 Å². The molecule has 0 radical (unpaired) electrons. The number of hydrogen-bond donors (Lipinski definition) is 1. The smallest absolute Gasteiger partial charge is 0.262 e. The largest absolute Gasteiger partial charge is 0.389 e. The third-order valence-corrected chi connectivity index (χ3v) is 5.04. The minimum absolute atomic E-state index is 0.00264. The van der Waals surface area contributed by atoms with Gasteiger partial charge in [-0.15, -0.1) is 11.3 Å². The highest BCUT2D eigenvalue weighted by atomic mass is 32.1. The number of halogens is 1. The Morgan fingerprint density at radius 2 is 2.20 bits per heavy atom. The van der Waals surface area contributed by atoms with Crippen molar-refractivity contribution in [3.05, 3.63) is 63.3 Å². The molecule has 1 unspecified atom stereocenters. The van der Waals surface area contributed by atoms with E-state index in [1.807, 2.05) is 13.0 Å². The molecule has 1 N–H and O–H groups in total. The SMILES string of the molecule is CCc1cc2c(=O)n(CC(O)COCc3ccccc3F)cnc2s1. The fourth-order valence-electron chi connectivity index (χ4n) is 2.51. The van der Waals surface area contributed by atoms with Crippen molar-refractivity contribution in [2.75, 3.05) is 6.61 Å². The monoisotopic (exact) mass is 362 g/mol. The molecule has 5 nitrogen and oxygen atoms in total. The molecule has 0 aliphatic heterocycles. The standard InChI is InChI=1S/C18H19FN2O3S/c1-2-14-7-15-17(25-14)20-11-21(18(15)23)8-13(22)10-24-9-12-5-3-4-6-16(12)19/h3-7,11,13,22H,2,8-10H2,1H3. The Kier molecular flexibility index (Phi) is 5.57. The van der Waals surface area contributed by atoms with Gasteiger partial charge in [0.05, 0.1) is 37.6 Å². The predicted octanol–water partition coefficient (Wildman–Crippen LogP) is 2.74. The molecule has 0 fully saturated rings. The van der Waals surface area contributed by atoms with Crippen molar-refractivity contribution < 1.29 is 14.2 Å². The molecule has 0 amide bonds. The number of aryl methyl sites for hydroxylation is 1. The second kappa shape index (κ2) is 7.86. The summed E-state index contributed by atoms with van der Waals surface area (Å²) in [4.78, 5) is 18.6. The Morgan fingerprint density at radius 1 is 1.40 bits per heavy atom. The van der Waals surface area contributed by atoms with Crippen LogP contribution in [0.25, 0.3) is 10.2 Å². The number of rotatable bonds is 7. The van der Waals surface area contributed by atoms with Crippen LogP contribution in [0.4, 0.5) is 4.39 Å². The second-order valence-corrected chi connectivity index (χ2v) is 6.86. The number of aliphatic hydroxyl groups is 1. The minimum Gasteiger partial charge on any atom is -0.389 e. The van der Waals surface area contributed by atoms with Crippen LogP contribution in [-0.2, 0) is 24.3 Å². The first-order chi connectivity index (χ1) is 12.1. The van der Waals surface area contributed by atoms with E-state index in [4.69, 9.17) is 4.74 Å². The van der Waals surface area contributed by atoms with E-state index in [9.17, 15) is 14.3 Å². The van der Waals surface area contributed by atoms with E-state index < -0.39 is 6.10 Å². The molecule has 2 aromatic heterocycles. The van der Waals surface area contributed by atoms with Crippen molar-refractivity contribution in [1.82, 2.24) is 9.55 Å². The molecule has 1 aromatic carbocycles. The number of thiophene rings is 1. The van der Waals surface area contributed by atoms with Gasteiger partial charge in [0.15, 0.2) is 0 Å². The van der Waals surface area contributed by atoms with Crippen LogP contribution in [-0.4, -0.2) is 27.4 Å². The topological polar surface area (TPSA) is 64.4 Å². The molecule has 0 aliphatic carbocycles. The summed E-state index contributed by atoms with van der Waals surface area (Å²) in [6.07, 6.45) is 1.42. The van der Waals surface area contributed by atoms with Crippen LogP contribution in [0.5, 0.6) is 0 Å². The lowest BCUT2D eigenvalue weighted by Gasteiger charge is -2.13. The number of benzene rings is 1. The highest BCUT2D eigenvalue weighted by Crippen LogP contribution is 2.21. The average Bonchev–Trinajstić information content (AvgIpc) is 3.03. The molecule has 2 heterocycles. The van der Waals surface area contributed by atoms with Gasteiger partial charge in [-0.25, -0.2) is 9.37 Å². The Bertz CT molecular complexity index is 922. The van der Waals surface area contributed by atoms with Crippen LogP contribution in [0, 0.1) is 5.82 Å². The molecule has 7 heteroatoms. The number of aliphatic hydroxyl groups excluding tert-OH is 1. The zero-order chi connectivity index (χ0) is 17.8. The van der Waals surface area contributed by atoms with E-state index in [2.05, 4.69) is 4.98 Å². The summed E-state index contributed by atoms with van der Waals surface area (Å²) >= 11 is 1.50. The molecule has 3 rings (SSSR count). The first kappa shape index (κ1) is 17.7. The molecule has 0 bridgehead atoms. The fourth-order valence-corrected chi connectivity index (χ4v) is 3.44. The predicted molar refractivity (Wildman–Crippen MR) is 95.3 cm³/mol. The summed E-state index contributed by atoms with van der Waals surface area (Å²) in [7, 11) is 0. The first-order valence-corrected chi connectivity index (χ1v) is 8.87. The zero-order valence-corrected chi connectivity index (χ0v) is 14.6. The lowest BCUT2D eigenvalue weighted by atomic mass is 10.2. The molecule has 0 spiro atoms. The van der Waals surface area contributed by atoms with Gasteiger partial charge < -0.3 is 9.84 Å². The number of nitrogens with zero attached hydrogens (tertiary/aromatic N) is 2. The molecular weight excluding hydrogens is 343 g/mol. The normalized spacial score (nSPS) is 12.6. The molecule has 0 saturated carbocycles. The van der Waals surface area contributed by atoms with Gasteiger partial charge in [0.25, 0.3) is 5.56 Å². The number of hydrogen-bond acceptors (Lipinski definition) is 5. The van der Waals surface area contributed by atoms with Gasteiger partial charge in [-0.1, -0.05) is 25.1 Å². The maximum absolute atomic E-state index is 13.5. The van der Waals surface area contributed by atoms with Gasteiger partial charge in [-0.3, -0.25) is 9.36 Å². The minimum atomic E-state index is -0.881. The third kappa shape index (κ3) is 4.12. The lowest BCUT2D eigenvalue weighted by Crippen LogP contribution is -2.29. The quantitative estimate of drug-likeness (QED) is 0.702. The number of aromatic nitrogens is 2. The van der Waals surface area contributed by atoms with Crippen molar-refractivity contribution in [2.24, 2.45) is 0 Å². The molecule has 132 valence electrons. The van der Waals surface area contributed by atoms with E-state index in [-0.39, 0.29) is 31.1 Å². The highest BCUT2D eigenvalue weighted by Gasteiger charge is 2.12. The summed E-state index contributed by atoms with van der Waals surface area (Å²) < 4.78 is 20.2. The van der Waals surface area contributed by atoms with E-state index >= 15 is 0 Å². The van der Waals surface area contributed by atoms with Crippen molar-refractivity contribution in [1.29, 1.82) is 0 Å². The van der Waals surface area contributed by atoms with Crippen LogP contribution in [0.3, 0.4) is 0 Å². The molecule has 0 saturated heterocycles. The van der Waals surface area contributed by atoms with E-state index in [0.717, 1.165) is 11.3 Å². The highest BCUT2D eigenvalue weighted by molar-refractivity contribution is 7.18. The van der Waals surface area contributed by atoms with Crippen LogP contribution in [0.1, 0.15) is 17.4 Å². The van der Waals surface area contributed by atoms with E-state index in [1.165, 1.54) is 28.3 Å². The Morgan fingerprint density at radius 3 is 2.96 bits per heavy atom. The van der Waals surface area contributed by atoms with Crippen molar-refractivity contribution in [2.45, 2.75) is 32.6 Å². The zero-order valence-electron chi connectivity index (χ0n) is 13.8. The van der Waals surface area contributed by atoms with Gasteiger partial charge in [0.2, 0.25) is 0 Å². The van der Waals surface area contributed by atoms with Crippen molar-refractivity contribution in [3.8, 4) is 0 Å². The number of ether oxygens (including phenoxy) is 1. The Labute approximate surface area is 148 Å². The summed E-state index contributed by atoms with van der Waals surface area (Å²) in [6, 6.07) is 8.18. The molecule has 1 atom stereocenters. The Balaban J connectivity index is 1.62. The van der Waals surface area contributed by atoms with Crippen LogP contribution < -0.4 is 5.56 Å². The summed E-state index contributed by atoms with van der Waals surface area (Å²) in [5, 5.41) is 10.7. The summed E-state index contributed by atoms with van der Waals surface area (Å²) in [5.41, 5.74) is 0.259. The van der Waals surface area contributed by atoms with Gasteiger partial charge in [0, 0.05) is 10.4 Å². The molecule has 25 heavy (non-hydrogen) atoms. The van der Waals surface area contributed by atoms with Gasteiger partial charge in [-0.05, 0) is 18.6 Å². The van der Waals surface area contributed by atoms with E-state index in [1.54, 1.807) is 18.2 Å². The van der Waals surface area contributed by atoms with Gasteiger partial charge in [0.1, 0.15) is 10.6 Å². The third-order valence-electron chi connectivity index (χ3n) is 3.85. The fraction of sp³-hybridized carbons (Fsp3) is 0.333. The first-order valence-electron chi connectivity index (χ1n) is 8.05. The summed E-state index contributed by atoms with van der Waals surface area (Å²) in [6.45, 7) is 2.18. The van der Waals surface area contributed by atoms with Crippen molar-refractivity contribution in [3.63, 3.8) is 0 Å². The van der Waals surface area contributed by atoms with Gasteiger partial charge in [-0.2, -0.15) is 0 Å². The Hall–Kier alpha value is -2.09. The molecule has 0 aliphatic rings. The lowest BCUT2D eigenvalue weighted by molar-refractivity contribution is 0.0189.